The molecule has 0 unspecified atom stereocenters. The first kappa shape index (κ1) is 23.7. The van der Waals surface area contributed by atoms with Crippen LogP contribution in [-0.2, 0) is 16.1 Å². The molecule has 1 aliphatic heterocycles. The zero-order chi connectivity index (χ0) is 24.9. The van der Waals surface area contributed by atoms with Gasteiger partial charge < -0.3 is 4.74 Å². The van der Waals surface area contributed by atoms with E-state index in [1.165, 1.54) is 30.3 Å². The van der Waals surface area contributed by atoms with Gasteiger partial charge in [-0.2, -0.15) is 0 Å². The predicted molar refractivity (Wildman–Crippen MR) is 124 cm³/mol. The van der Waals surface area contributed by atoms with Crippen LogP contribution < -0.4 is 10.9 Å². The van der Waals surface area contributed by atoms with Crippen LogP contribution in [0, 0.1) is 0 Å². The highest BCUT2D eigenvalue weighted by atomic mass is 35.5. The third-order valence-electron chi connectivity index (χ3n) is 5.16. The Balaban J connectivity index is 1.34. The van der Waals surface area contributed by atoms with Crippen molar-refractivity contribution in [1.82, 2.24) is 15.8 Å². The van der Waals surface area contributed by atoms with Crippen molar-refractivity contribution in [3.05, 3.63) is 106 Å². The minimum atomic E-state index is -0.873. The Morgan fingerprint density at radius 3 is 2.26 bits per heavy atom. The number of imide groups is 1. The van der Waals surface area contributed by atoms with Crippen molar-refractivity contribution >= 4 is 41.2 Å². The van der Waals surface area contributed by atoms with E-state index in [1.807, 2.05) is 6.07 Å². The highest BCUT2D eigenvalue weighted by molar-refractivity contribution is 6.33. The molecule has 0 aromatic heterocycles. The van der Waals surface area contributed by atoms with Gasteiger partial charge in [-0.05, 0) is 35.9 Å². The first-order valence-corrected chi connectivity index (χ1v) is 10.8. The fraction of sp³-hybridized carbons (Fsp3) is 0.0800. The molecule has 4 amide bonds. The molecule has 35 heavy (non-hydrogen) atoms. The van der Waals surface area contributed by atoms with Crippen LogP contribution in [0.3, 0.4) is 0 Å². The number of nitrogens with one attached hydrogen (secondary N) is 2. The number of ether oxygens (including phenoxy) is 1. The van der Waals surface area contributed by atoms with Crippen LogP contribution in [-0.4, -0.2) is 41.1 Å². The van der Waals surface area contributed by atoms with Crippen LogP contribution >= 0.6 is 11.6 Å². The summed E-state index contributed by atoms with van der Waals surface area (Å²) in [6.45, 7) is -0.585. The smallest absolute Gasteiger partial charge is 0.338 e. The summed E-state index contributed by atoms with van der Waals surface area (Å²) in [4.78, 5) is 62.9. The van der Waals surface area contributed by atoms with E-state index < -0.39 is 36.2 Å². The Labute approximate surface area is 204 Å². The van der Waals surface area contributed by atoms with Gasteiger partial charge in [0.1, 0.15) is 0 Å². The molecule has 9 nitrogen and oxygen atoms in total. The summed E-state index contributed by atoms with van der Waals surface area (Å²) in [6, 6.07) is 19.3. The average Bonchev–Trinajstić information content (AvgIpc) is 3.11. The third kappa shape index (κ3) is 5.20. The maximum absolute atomic E-state index is 12.8. The molecule has 0 radical (unpaired) electrons. The minimum Gasteiger partial charge on any atom is -0.452 e. The lowest BCUT2D eigenvalue weighted by Gasteiger charge is -2.13. The van der Waals surface area contributed by atoms with Crippen molar-refractivity contribution < 1.29 is 28.7 Å². The van der Waals surface area contributed by atoms with Gasteiger partial charge in [-0.1, -0.05) is 54.1 Å². The zero-order valence-corrected chi connectivity index (χ0v) is 18.9. The Kier molecular flexibility index (Phi) is 6.88. The van der Waals surface area contributed by atoms with Gasteiger partial charge in [-0.3, -0.25) is 34.9 Å². The SMILES string of the molecule is O=C(COC(=O)c1ccc2c(c1)C(=O)N(Cc1ccccc1)C2=O)NNC(=O)c1ccccc1Cl. The normalized spacial score (nSPS) is 12.2. The Morgan fingerprint density at radius 1 is 0.829 bits per heavy atom. The van der Waals surface area contributed by atoms with Crippen molar-refractivity contribution in [2.75, 3.05) is 6.61 Å². The zero-order valence-electron chi connectivity index (χ0n) is 18.1. The maximum Gasteiger partial charge on any atom is 0.338 e. The van der Waals surface area contributed by atoms with Gasteiger partial charge in [0.15, 0.2) is 6.61 Å². The quantitative estimate of drug-likeness (QED) is 0.310. The van der Waals surface area contributed by atoms with E-state index >= 15 is 0 Å². The van der Waals surface area contributed by atoms with Gasteiger partial charge >= 0.3 is 5.97 Å². The van der Waals surface area contributed by atoms with Gasteiger partial charge in [-0.15, -0.1) is 0 Å². The van der Waals surface area contributed by atoms with E-state index in [-0.39, 0.29) is 33.8 Å². The molecule has 176 valence electrons. The van der Waals surface area contributed by atoms with Crippen LogP contribution in [0.5, 0.6) is 0 Å². The molecule has 0 atom stereocenters. The average molecular weight is 492 g/mol. The highest BCUT2D eigenvalue weighted by Gasteiger charge is 2.36. The second kappa shape index (κ2) is 10.2. The number of carbonyl (C=O) groups is 5. The van der Waals surface area contributed by atoms with E-state index in [1.54, 1.807) is 36.4 Å². The fourth-order valence-electron chi connectivity index (χ4n) is 3.42. The number of esters is 1. The second-order valence-corrected chi connectivity index (χ2v) is 7.91. The molecule has 3 aromatic rings. The van der Waals surface area contributed by atoms with E-state index in [2.05, 4.69) is 10.9 Å². The molecular weight excluding hydrogens is 474 g/mol. The van der Waals surface area contributed by atoms with E-state index in [0.717, 1.165) is 10.5 Å². The number of benzene rings is 3. The van der Waals surface area contributed by atoms with Crippen LogP contribution in [0.25, 0.3) is 0 Å². The number of rotatable bonds is 6. The number of halogens is 1. The maximum atomic E-state index is 12.8. The molecule has 2 N–H and O–H groups in total. The van der Waals surface area contributed by atoms with Gasteiger partial charge in [-0.25, -0.2) is 4.79 Å². The van der Waals surface area contributed by atoms with Gasteiger partial charge in [0, 0.05) is 0 Å². The molecule has 0 bridgehead atoms. The lowest BCUT2D eigenvalue weighted by atomic mass is 10.1. The summed E-state index contributed by atoms with van der Waals surface area (Å²) in [6.07, 6.45) is 0. The number of nitrogens with zero attached hydrogens (tertiary/aromatic N) is 1. The van der Waals surface area contributed by atoms with E-state index in [9.17, 15) is 24.0 Å². The summed E-state index contributed by atoms with van der Waals surface area (Å²) in [5, 5.41) is 0.206. The molecule has 0 saturated heterocycles. The van der Waals surface area contributed by atoms with Crippen LogP contribution in [0.1, 0.15) is 47.0 Å². The minimum absolute atomic E-state index is 0.000589. The first-order chi connectivity index (χ1) is 16.8. The fourth-order valence-corrected chi connectivity index (χ4v) is 3.64. The molecule has 0 saturated carbocycles. The Bertz CT molecular complexity index is 1340. The molecule has 0 fully saturated rings. The lowest BCUT2D eigenvalue weighted by Crippen LogP contribution is -2.43. The number of fused-ring (bicyclic) bond motifs is 1. The highest BCUT2D eigenvalue weighted by Crippen LogP contribution is 2.26. The van der Waals surface area contributed by atoms with E-state index in [4.69, 9.17) is 16.3 Å². The standard InChI is InChI=1S/C25H18ClN3O6/c26-20-9-5-4-8-18(20)22(31)28-27-21(30)14-35-25(34)16-10-11-17-19(12-16)24(33)29(23(17)32)13-15-6-2-1-3-7-15/h1-12H,13-14H2,(H,27,30)(H,28,31). The molecule has 10 heteroatoms. The number of hydrazine groups is 1. The monoisotopic (exact) mass is 491 g/mol. The van der Waals surface area contributed by atoms with Crippen molar-refractivity contribution in [2.24, 2.45) is 0 Å². The molecule has 1 heterocycles. The molecule has 0 aliphatic carbocycles. The van der Waals surface area contributed by atoms with Gasteiger partial charge in [0.2, 0.25) is 0 Å². The van der Waals surface area contributed by atoms with Crippen molar-refractivity contribution in [1.29, 1.82) is 0 Å². The van der Waals surface area contributed by atoms with Crippen molar-refractivity contribution in [3.63, 3.8) is 0 Å². The topological polar surface area (TPSA) is 122 Å². The summed E-state index contributed by atoms with van der Waals surface area (Å²) < 4.78 is 4.96. The summed E-state index contributed by atoms with van der Waals surface area (Å²) in [5.41, 5.74) is 5.50. The number of carbonyl (C=O) groups excluding carboxylic acids is 5. The van der Waals surface area contributed by atoms with Crippen LogP contribution in [0.2, 0.25) is 5.02 Å². The Hall–Kier alpha value is -4.50. The summed E-state index contributed by atoms with van der Waals surface area (Å²) in [5.74, 6) is -3.29. The molecule has 4 rings (SSSR count). The molecule has 0 spiro atoms. The summed E-state index contributed by atoms with van der Waals surface area (Å²) in [7, 11) is 0. The van der Waals surface area contributed by atoms with Crippen molar-refractivity contribution in [2.45, 2.75) is 6.54 Å². The predicted octanol–water partition coefficient (Wildman–Crippen LogP) is 2.75. The number of hydrogen-bond donors (Lipinski definition) is 2. The number of amides is 4. The van der Waals surface area contributed by atoms with Gasteiger partial charge in [0.05, 0.1) is 33.8 Å². The Morgan fingerprint density at radius 2 is 1.51 bits per heavy atom. The third-order valence-corrected chi connectivity index (χ3v) is 5.49. The van der Waals surface area contributed by atoms with Crippen LogP contribution in [0.4, 0.5) is 0 Å². The molecular formula is C25H18ClN3O6. The van der Waals surface area contributed by atoms with Crippen LogP contribution in [0.15, 0.2) is 72.8 Å². The van der Waals surface area contributed by atoms with E-state index in [0.29, 0.717) is 0 Å². The largest absolute Gasteiger partial charge is 0.452 e. The summed E-state index contributed by atoms with van der Waals surface area (Å²) >= 11 is 5.92. The molecule has 1 aliphatic rings. The first-order valence-electron chi connectivity index (χ1n) is 10.4. The van der Waals surface area contributed by atoms with Crippen molar-refractivity contribution in [3.8, 4) is 0 Å². The molecule has 3 aromatic carbocycles. The van der Waals surface area contributed by atoms with Gasteiger partial charge in [0.25, 0.3) is 23.6 Å². The lowest BCUT2D eigenvalue weighted by molar-refractivity contribution is -0.125. The second-order valence-electron chi connectivity index (χ2n) is 7.50. The number of hydrogen-bond acceptors (Lipinski definition) is 6.